The van der Waals surface area contributed by atoms with Crippen LogP contribution in [-0.4, -0.2) is 34.2 Å². The Hall–Kier alpha value is -2.41. The fourth-order valence-corrected chi connectivity index (χ4v) is 5.70. The molecule has 3 heterocycles. The third-order valence-corrected chi connectivity index (χ3v) is 7.48. The molecule has 2 fully saturated rings. The zero-order valence-corrected chi connectivity index (χ0v) is 20.5. The first-order chi connectivity index (χ1) is 16.1. The van der Waals surface area contributed by atoms with E-state index in [9.17, 15) is 0 Å². The van der Waals surface area contributed by atoms with Crippen LogP contribution >= 0.6 is 12.2 Å². The van der Waals surface area contributed by atoms with Crippen molar-refractivity contribution < 1.29 is 0 Å². The average Bonchev–Trinajstić information content (AvgIpc) is 3.09. The third-order valence-electron chi connectivity index (χ3n) is 7.26. The first-order valence-electron chi connectivity index (χ1n) is 12.7. The minimum Gasteiger partial charge on any atom is -0.360 e. The van der Waals surface area contributed by atoms with Gasteiger partial charge in [-0.3, -0.25) is 0 Å². The molecule has 7 heteroatoms. The first kappa shape index (κ1) is 22.4. The SMILES string of the molecule is C[C@@H]1CCCN(c2cc(N3Cc4ccccc4C3)nc(NC(=S)NC3CCCCCC3)n2)C1. The van der Waals surface area contributed by atoms with Crippen LogP contribution in [0.25, 0.3) is 0 Å². The molecule has 1 aromatic heterocycles. The Morgan fingerprint density at radius 3 is 2.24 bits per heavy atom. The molecular formula is C26H36N6S. The quantitative estimate of drug-likeness (QED) is 0.474. The Bertz CT molecular complexity index is 946. The average molecular weight is 465 g/mol. The maximum Gasteiger partial charge on any atom is 0.232 e. The van der Waals surface area contributed by atoms with Crippen molar-refractivity contribution >= 4 is 34.9 Å². The number of thiocarbonyl (C=S) groups is 1. The third kappa shape index (κ3) is 5.57. The number of piperidine rings is 1. The van der Waals surface area contributed by atoms with Crippen molar-refractivity contribution in [1.82, 2.24) is 15.3 Å². The van der Waals surface area contributed by atoms with Crippen LogP contribution in [0, 0.1) is 5.92 Å². The Morgan fingerprint density at radius 2 is 1.58 bits per heavy atom. The maximum atomic E-state index is 5.68. The number of rotatable bonds is 4. The number of nitrogens with zero attached hydrogens (tertiary/aromatic N) is 4. The largest absolute Gasteiger partial charge is 0.360 e. The fourth-order valence-electron chi connectivity index (χ4n) is 5.44. The van der Waals surface area contributed by atoms with Crippen LogP contribution in [-0.2, 0) is 13.1 Å². The molecule has 33 heavy (non-hydrogen) atoms. The summed E-state index contributed by atoms with van der Waals surface area (Å²) in [5, 5.41) is 7.50. The Labute approximate surface area is 203 Å². The molecule has 1 aromatic carbocycles. The summed E-state index contributed by atoms with van der Waals surface area (Å²) in [6, 6.07) is 11.3. The summed E-state index contributed by atoms with van der Waals surface area (Å²) in [6.45, 7) is 6.18. The van der Waals surface area contributed by atoms with Crippen LogP contribution < -0.4 is 20.4 Å². The van der Waals surface area contributed by atoms with E-state index in [-0.39, 0.29) is 0 Å². The highest BCUT2D eigenvalue weighted by atomic mass is 32.1. The predicted octanol–water partition coefficient (Wildman–Crippen LogP) is 5.24. The fraction of sp³-hybridized carbons (Fsp3) is 0.577. The van der Waals surface area contributed by atoms with Crippen LogP contribution in [0.1, 0.15) is 69.4 Å². The van der Waals surface area contributed by atoms with Crippen LogP contribution in [0.3, 0.4) is 0 Å². The standard InChI is InChI=1S/C26H36N6S/c1-19-9-8-14-31(16-19)23-15-24(32-17-20-10-6-7-11-21(20)18-32)29-25(28-23)30-26(33)27-22-12-4-2-3-5-13-22/h6-7,10-11,15,19,22H,2-5,8-9,12-14,16-18H2,1H3,(H2,27,28,29,30,33)/t19-/m1/s1. The van der Waals surface area contributed by atoms with Crippen LogP contribution in [0.5, 0.6) is 0 Å². The van der Waals surface area contributed by atoms with Crippen molar-refractivity contribution in [2.75, 3.05) is 28.2 Å². The summed E-state index contributed by atoms with van der Waals surface area (Å²) >= 11 is 5.68. The van der Waals surface area contributed by atoms with E-state index >= 15 is 0 Å². The lowest BCUT2D eigenvalue weighted by molar-refractivity contribution is 0.444. The van der Waals surface area contributed by atoms with Gasteiger partial charge in [0.25, 0.3) is 0 Å². The Morgan fingerprint density at radius 1 is 0.909 bits per heavy atom. The van der Waals surface area contributed by atoms with Crippen LogP contribution in [0.15, 0.2) is 30.3 Å². The van der Waals surface area contributed by atoms with Gasteiger partial charge in [0.1, 0.15) is 11.6 Å². The molecule has 1 aliphatic carbocycles. The second-order valence-corrected chi connectivity index (χ2v) is 10.4. The second-order valence-electron chi connectivity index (χ2n) is 10.0. The van der Waals surface area contributed by atoms with E-state index < -0.39 is 0 Å². The Balaban J connectivity index is 1.36. The molecule has 6 nitrogen and oxygen atoms in total. The molecule has 0 amide bonds. The highest BCUT2D eigenvalue weighted by molar-refractivity contribution is 7.80. The summed E-state index contributed by atoms with van der Waals surface area (Å²) in [5.41, 5.74) is 2.76. The highest BCUT2D eigenvalue weighted by Crippen LogP contribution is 2.31. The van der Waals surface area contributed by atoms with Crippen molar-refractivity contribution in [3.63, 3.8) is 0 Å². The molecule has 1 saturated heterocycles. The van der Waals surface area contributed by atoms with E-state index in [1.54, 1.807) is 0 Å². The van der Waals surface area contributed by atoms with Gasteiger partial charge in [0.15, 0.2) is 5.11 Å². The minimum absolute atomic E-state index is 0.450. The summed E-state index contributed by atoms with van der Waals surface area (Å²) in [7, 11) is 0. The van der Waals surface area contributed by atoms with E-state index in [1.165, 1.54) is 62.5 Å². The summed E-state index contributed by atoms with van der Waals surface area (Å²) in [4.78, 5) is 14.6. The van der Waals surface area contributed by atoms with Gasteiger partial charge in [-0.15, -0.1) is 0 Å². The molecule has 1 saturated carbocycles. The van der Waals surface area contributed by atoms with E-state index in [0.29, 0.717) is 23.0 Å². The normalized spacial score (nSPS) is 21.4. The molecule has 176 valence electrons. The van der Waals surface area contributed by atoms with E-state index in [1.807, 2.05) is 0 Å². The van der Waals surface area contributed by atoms with Gasteiger partial charge in [0.05, 0.1) is 0 Å². The zero-order chi connectivity index (χ0) is 22.6. The van der Waals surface area contributed by atoms with E-state index in [0.717, 1.165) is 37.8 Å². The molecule has 0 unspecified atom stereocenters. The van der Waals surface area contributed by atoms with Gasteiger partial charge >= 0.3 is 0 Å². The van der Waals surface area contributed by atoms with E-state index in [2.05, 4.69) is 57.7 Å². The lowest BCUT2D eigenvalue weighted by Crippen LogP contribution is -2.38. The first-order valence-corrected chi connectivity index (χ1v) is 13.1. The van der Waals surface area contributed by atoms with Crippen molar-refractivity contribution in [2.45, 2.75) is 77.4 Å². The van der Waals surface area contributed by atoms with Gasteiger partial charge in [0.2, 0.25) is 5.95 Å². The lowest BCUT2D eigenvalue weighted by Gasteiger charge is -2.32. The number of fused-ring (bicyclic) bond motifs is 1. The van der Waals surface area contributed by atoms with Gasteiger partial charge in [-0.05, 0) is 54.9 Å². The molecular weight excluding hydrogens is 428 g/mol. The number of aromatic nitrogens is 2. The minimum atomic E-state index is 0.450. The number of benzene rings is 1. The van der Waals surface area contributed by atoms with Crippen LogP contribution in [0.4, 0.5) is 17.6 Å². The van der Waals surface area contributed by atoms with Crippen LogP contribution in [0.2, 0.25) is 0 Å². The molecule has 2 aromatic rings. The topological polar surface area (TPSA) is 56.3 Å². The number of anilines is 3. The zero-order valence-electron chi connectivity index (χ0n) is 19.7. The maximum absolute atomic E-state index is 5.68. The summed E-state index contributed by atoms with van der Waals surface area (Å²) < 4.78 is 0. The van der Waals surface area contributed by atoms with Crippen molar-refractivity contribution in [3.8, 4) is 0 Å². The van der Waals surface area contributed by atoms with Gasteiger partial charge < -0.3 is 20.4 Å². The van der Waals surface area contributed by atoms with Gasteiger partial charge in [-0.1, -0.05) is 56.9 Å². The van der Waals surface area contributed by atoms with Crippen molar-refractivity contribution in [3.05, 3.63) is 41.5 Å². The summed E-state index contributed by atoms with van der Waals surface area (Å²) in [5.74, 6) is 3.25. The van der Waals surface area contributed by atoms with Gasteiger partial charge in [0, 0.05) is 38.3 Å². The predicted molar refractivity (Wildman–Crippen MR) is 140 cm³/mol. The molecule has 0 spiro atoms. The highest BCUT2D eigenvalue weighted by Gasteiger charge is 2.24. The summed E-state index contributed by atoms with van der Waals surface area (Å²) in [6.07, 6.45) is 10.1. The number of nitrogens with one attached hydrogen (secondary N) is 2. The number of hydrogen-bond acceptors (Lipinski definition) is 5. The van der Waals surface area contributed by atoms with Crippen molar-refractivity contribution in [2.24, 2.45) is 5.92 Å². The smallest absolute Gasteiger partial charge is 0.232 e. The van der Waals surface area contributed by atoms with Crippen molar-refractivity contribution in [1.29, 1.82) is 0 Å². The Kier molecular flexibility index (Phi) is 6.95. The molecule has 2 N–H and O–H groups in total. The molecule has 2 aliphatic heterocycles. The molecule has 1 atom stereocenters. The number of hydrogen-bond donors (Lipinski definition) is 2. The monoisotopic (exact) mass is 464 g/mol. The second kappa shape index (κ2) is 10.2. The van der Waals surface area contributed by atoms with E-state index in [4.69, 9.17) is 22.2 Å². The molecule has 5 rings (SSSR count). The van der Waals surface area contributed by atoms with Gasteiger partial charge in [-0.25, -0.2) is 0 Å². The molecule has 0 bridgehead atoms. The lowest BCUT2D eigenvalue weighted by atomic mass is 10.0. The molecule has 3 aliphatic rings. The van der Waals surface area contributed by atoms with Gasteiger partial charge in [-0.2, -0.15) is 9.97 Å². The molecule has 0 radical (unpaired) electrons.